The van der Waals surface area contributed by atoms with Crippen molar-refractivity contribution in [2.45, 2.75) is 65.2 Å². The molecule has 0 heterocycles. The molecule has 0 atom stereocenters. The van der Waals surface area contributed by atoms with Crippen LogP contribution in [0.2, 0.25) is 0 Å². The van der Waals surface area contributed by atoms with Gasteiger partial charge in [0.25, 0.3) is 0 Å². The largest absolute Gasteiger partial charge is 0.125 e. The van der Waals surface area contributed by atoms with E-state index in [1.807, 2.05) is 6.08 Å². The standard InChI is InChI=1S/C17H28/c1-3-5-7-9-11-13-15-17-16-14-12-10-8-6-4-2/h9,11-12,14-16H,3-8,10,13H2,1-2H3/b11-9?,14-12+. The first-order chi connectivity index (χ1) is 8.41. The molecule has 0 N–H and O–H groups in total. The minimum Gasteiger partial charge on any atom is -0.125 e. The van der Waals surface area contributed by atoms with E-state index in [0.29, 0.717) is 0 Å². The van der Waals surface area contributed by atoms with E-state index in [1.54, 1.807) is 0 Å². The van der Waals surface area contributed by atoms with Crippen molar-refractivity contribution in [2.75, 3.05) is 0 Å². The number of unbranched alkanes of at least 4 members (excludes halogenated alkanes) is 5. The molecular weight excluding hydrogens is 204 g/mol. The van der Waals surface area contributed by atoms with E-state index in [1.165, 1.54) is 44.9 Å². The summed E-state index contributed by atoms with van der Waals surface area (Å²) in [6.45, 7) is 4.46. The van der Waals surface area contributed by atoms with E-state index in [2.05, 4.69) is 50.0 Å². The topological polar surface area (TPSA) is 0 Å². The Hall–Kier alpha value is -1.00. The summed E-state index contributed by atoms with van der Waals surface area (Å²) in [5.74, 6) is 0. The maximum absolute atomic E-state index is 3.18. The highest BCUT2D eigenvalue weighted by Gasteiger charge is 1.79. The summed E-state index contributed by atoms with van der Waals surface area (Å²) in [6.07, 6.45) is 22.9. The first-order valence-electron chi connectivity index (χ1n) is 7.12. The third-order valence-corrected chi connectivity index (χ3v) is 2.57. The molecule has 0 rings (SSSR count). The first kappa shape index (κ1) is 16.0. The monoisotopic (exact) mass is 232 g/mol. The van der Waals surface area contributed by atoms with Gasteiger partial charge in [0, 0.05) is 0 Å². The molecule has 0 aliphatic rings. The van der Waals surface area contributed by atoms with Crippen molar-refractivity contribution in [3.63, 3.8) is 0 Å². The molecule has 0 saturated heterocycles. The summed E-state index contributed by atoms with van der Waals surface area (Å²) in [5, 5.41) is 0. The summed E-state index contributed by atoms with van der Waals surface area (Å²) in [7, 11) is 0. The highest BCUT2D eigenvalue weighted by Crippen LogP contribution is 1.99. The van der Waals surface area contributed by atoms with Crippen LogP contribution in [0.1, 0.15) is 65.2 Å². The van der Waals surface area contributed by atoms with Gasteiger partial charge in [-0.15, -0.1) is 5.73 Å². The molecule has 0 fully saturated rings. The Morgan fingerprint density at radius 1 is 0.824 bits per heavy atom. The maximum Gasteiger partial charge on any atom is -0.00929 e. The summed E-state index contributed by atoms with van der Waals surface area (Å²) >= 11 is 0. The minimum absolute atomic E-state index is 1.00. The molecule has 0 aliphatic carbocycles. The molecule has 0 aromatic heterocycles. The van der Waals surface area contributed by atoms with Crippen molar-refractivity contribution in [2.24, 2.45) is 0 Å². The Labute approximate surface area is 108 Å². The predicted octanol–water partition coefficient (Wildman–Crippen LogP) is 5.97. The van der Waals surface area contributed by atoms with Crippen molar-refractivity contribution < 1.29 is 0 Å². The van der Waals surface area contributed by atoms with Crippen LogP contribution in [0, 0.1) is 0 Å². The fourth-order valence-electron chi connectivity index (χ4n) is 1.47. The van der Waals surface area contributed by atoms with Gasteiger partial charge in [0.1, 0.15) is 0 Å². The molecule has 0 bridgehead atoms. The van der Waals surface area contributed by atoms with Gasteiger partial charge >= 0.3 is 0 Å². The van der Waals surface area contributed by atoms with Crippen molar-refractivity contribution in [3.05, 3.63) is 42.2 Å². The Morgan fingerprint density at radius 3 is 2.35 bits per heavy atom. The van der Waals surface area contributed by atoms with Crippen LogP contribution in [0.4, 0.5) is 0 Å². The van der Waals surface area contributed by atoms with Crippen molar-refractivity contribution in [1.29, 1.82) is 0 Å². The maximum atomic E-state index is 3.18. The zero-order valence-electron chi connectivity index (χ0n) is 11.6. The van der Waals surface area contributed by atoms with Crippen LogP contribution in [-0.2, 0) is 0 Å². The summed E-state index contributed by atoms with van der Waals surface area (Å²) in [6, 6.07) is 0. The van der Waals surface area contributed by atoms with Gasteiger partial charge in [0.2, 0.25) is 0 Å². The van der Waals surface area contributed by atoms with Gasteiger partial charge in [0.05, 0.1) is 0 Å². The van der Waals surface area contributed by atoms with Crippen LogP contribution in [-0.4, -0.2) is 0 Å². The zero-order valence-corrected chi connectivity index (χ0v) is 11.6. The van der Waals surface area contributed by atoms with Gasteiger partial charge in [-0.3, -0.25) is 0 Å². The third kappa shape index (κ3) is 15.0. The van der Waals surface area contributed by atoms with Crippen molar-refractivity contribution >= 4 is 0 Å². The number of rotatable bonds is 10. The van der Waals surface area contributed by atoms with Crippen molar-refractivity contribution in [1.82, 2.24) is 0 Å². The fraction of sp³-hybridized carbons (Fsp3) is 0.588. The van der Waals surface area contributed by atoms with E-state index in [9.17, 15) is 0 Å². The molecule has 0 nitrogen and oxygen atoms in total. The number of hydrogen-bond donors (Lipinski definition) is 0. The second-order valence-corrected chi connectivity index (χ2v) is 4.31. The molecular formula is C17H28. The molecule has 0 aromatic carbocycles. The van der Waals surface area contributed by atoms with Crippen LogP contribution in [0.3, 0.4) is 0 Å². The first-order valence-corrected chi connectivity index (χ1v) is 7.12. The highest BCUT2D eigenvalue weighted by atomic mass is 13.9. The van der Waals surface area contributed by atoms with E-state index < -0.39 is 0 Å². The summed E-state index contributed by atoms with van der Waals surface area (Å²) in [5.41, 5.74) is 3.18. The fourth-order valence-corrected chi connectivity index (χ4v) is 1.47. The lowest BCUT2D eigenvalue weighted by Crippen LogP contribution is -1.69. The Morgan fingerprint density at radius 2 is 1.59 bits per heavy atom. The molecule has 0 radical (unpaired) electrons. The smallest absolute Gasteiger partial charge is 0.00929 e. The predicted molar refractivity (Wildman–Crippen MR) is 79.2 cm³/mol. The van der Waals surface area contributed by atoms with Gasteiger partial charge in [-0.2, -0.15) is 0 Å². The molecule has 0 heteroatoms. The van der Waals surface area contributed by atoms with Gasteiger partial charge in [-0.1, -0.05) is 63.8 Å². The second-order valence-electron chi connectivity index (χ2n) is 4.31. The van der Waals surface area contributed by atoms with Gasteiger partial charge in [-0.25, -0.2) is 0 Å². The van der Waals surface area contributed by atoms with Crippen molar-refractivity contribution in [3.8, 4) is 0 Å². The van der Waals surface area contributed by atoms with E-state index >= 15 is 0 Å². The molecule has 96 valence electrons. The van der Waals surface area contributed by atoms with E-state index in [0.717, 1.165) is 6.42 Å². The van der Waals surface area contributed by atoms with Gasteiger partial charge < -0.3 is 0 Å². The van der Waals surface area contributed by atoms with Crippen LogP contribution in [0.15, 0.2) is 42.2 Å². The minimum atomic E-state index is 1.00. The molecule has 0 saturated carbocycles. The van der Waals surface area contributed by atoms with E-state index in [-0.39, 0.29) is 0 Å². The van der Waals surface area contributed by atoms with Gasteiger partial charge in [-0.05, 0) is 37.8 Å². The molecule has 0 aromatic rings. The molecule has 0 spiro atoms. The third-order valence-electron chi connectivity index (χ3n) is 2.57. The second kappa shape index (κ2) is 15.0. The molecule has 0 aliphatic heterocycles. The van der Waals surface area contributed by atoms with E-state index in [4.69, 9.17) is 0 Å². The Balaban J connectivity index is 3.46. The molecule has 0 unspecified atom stereocenters. The Bertz CT molecular complexity index is 249. The quantitative estimate of drug-likeness (QED) is 0.188. The SMILES string of the molecule is CCCCC=CCC=C=C/C=C/CCCCC. The average molecular weight is 232 g/mol. The lowest BCUT2D eigenvalue weighted by atomic mass is 10.2. The number of allylic oxidation sites excluding steroid dienone is 5. The molecule has 0 amide bonds. The van der Waals surface area contributed by atoms with Crippen LogP contribution >= 0.6 is 0 Å². The lowest BCUT2D eigenvalue weighted by Gasteiger charge is -1.89. The average Bonchev–Trinajstić information content (AvgIpc) is 2.35. The summed E-state index contributed by atoms with van der Waals surface area (Å²) < 4.78 is 0. The zero-order chi connectivity index (χ0) is 12.6. The van der Waals surface area contributed by atoms with Crippen LogP contribution in [0.25, 0.3) is 0 Å². The van der Waals surface area contributed by atoms with Crippen LogP contribution in [0.5, 0.6) is 0 Å². The molecule has 17 heavy (non-hydrogen) atoms. The van der Waals surface area contributed by atoms with Crippen LogP contribution < -0.4 is 0 Å². The summed E-state index contributed by atoms with van der Waals surface area (Å²) in [4.78, 5) is 0. The Kier molecular flexibility index (Phi) is 14.1. The number of hydrogen-bond acceptors (Lipinski definition) is 0. The lowest BCUT2D eigenvalue weighted by molar-refractivity contribution is 0.729. The highest BCUT2D eigenvalue weighted by molar-refractivity contribution is 5.03. The van der Waals surface area contributed by atoms with Gasteiger partial charge in [0.15, 0.2) is 0 Å². The normalized spacial score (nSPS) is 10.9.